The number of nitrogens with two attached hydrogens (primary N) is 1. The van der Waals surface area contributed by atoms with Gasteiger partial charge in [-0.15, -0.1) is 0 Å². The third-order valence-corrected chi connectivity index (χ3v) is 5.61. The van der Waals surface area contributed by atoms with E-state index in [4.69, 9.17) is 10.5 Å². The molecule has 0 aromatic heterocycles. The van der Waals surface area contributed by atoms with Crippen LogP contribution in [0.5, 0.6) is 0 Å². The van der Waals surface area contributed by atoms with E-state index in [1.165, 1.54) is 4.90 Å². The Morgan fingerprint density at radius 2 is 1.84 bits per heavy atom. The first-order valence-corrected chi connectivity index (χ1v) is 7.33. The molecule has 2 aliphatic carbocycles. The Morgan fingerprint density at radius 3 is 2.47 bits per heavy atom. The number of nitrogens with zero attached hydrogens (tertiary/aromatic N) is 1. The van der Waals surface area contributed by atoms with Crippen LogP contribution < -0.4 is 5.73 Å². The van der Waals surface area contributed by atoms with Gasteiger partial charge in [0, 0.05) is 18.6 Å². The van der Waals surface area contributed by atoms with E-state index in [9.17, 15) is 9.59 Å². The predicted octanol–water partition coefficient (Wildman–Crippen LogP) is 0.132. The van der Waals surface area contributed by atoms with E-state index in [2.05, 4.69) is 6.92 Å². The number of ether oxygens (including phenoxy) is 1. The molecule has 2 N–H and O–H groups in total. The van der Waals surface area contributed by atoms with E-state index in [-0.39, 0.29) is 41.8 Å². The van der Waals surface area contributed by atoms with Crippen LogP contribution in [0, 0.1) is 23.7 Å². The van der Waals surface area contributed by atoms with Crippen LogP contribution in [0.4, 0.5) is 0 Å². The Kier molecular flexibility index (Phi) is 2.37. The van der Waals surface area contributed by atoms with Crippen LogP contribution >= 0.6 is 0 Å². The number of carbonyl (C=O) groups is 2. The summed E-state index contributed by atoms with van der Waals surface area (Å²) < 4.78 is 5.66. The minimum Gasteiger partial charge on any atom is -0.376 e. The second-order valence-electron chi connectivity index (χ2n) is 6.69. The maximum Gasteiger partial charge on any atom is 0.233 e. The summed E-state index contributed by atoms with van der Waals surface area (Å²) in [7, 11) is 0. The summed E-state index contributed by atoms with van der Waals surface area (Å²) in [6, 6.07) is -0.287. The lowest BCUT2D eigenvalue weighted by molar-refractivity contribution is -0.155. The molecule has 4 fully saturated rings. The fourth-order valence-electron chi connectivity index (χ4n) is 4.63. The second kappa shape index (κ2) is 3.79. The van der Waals surface area contributed by atoms with Crippen LogP contribution in [-0.4, -0.2) is 41.5 Å². The zero-order chi connectivity index (χ0) is 13.3. The Morgan fingerprint density at radius 1 is 1.21 bits per heavy atom. The number of fused-ring (bicyclic) bond motifs is 2. The Hall–Kier alpha value is -0.940. The SMILES string of the molecule is CC1CC2C(=O)N(C3C(N)C4CCOC43)C(=O)C2C1. The highest BCUT2D eigenvalue weighted by atomic mass is 16.5. The number of rotatable bonds is 1. The second-order valence-corrected chi connectivity index (χ2v) is 6.69. The Balaban J connectivity index is 1.60. The standard InChI is InChI=1S/C14H20N2O3/c1-6-4-8-9(5-6)14(18)16(13(8)17)11-10(15)7-2-3-19-12(7)11/h6-12H,2-5,15H2,1H3. The molecule has 2 aliphatic heterocycles. The number of hydrogen-bond donors (Lipinski definition) is 1. The van der Waals surface area contributed by atoms with Crippen LogP contribution in [0.3, 0.4) is 0 Å². The van der Waals surface area contributed by atoms with Crippen molar-refractivity contribution in [3.05, 3.63) is 0 Å². The first kappa shape index (κ1) is 11.9. The molecule has 6 unspecified atom stereocenters. The molecule has 2 amide bonds. The van der Waals surface area contributed by atoms with Gasteiger partial charge in [-0.25, -0.2) is 0 Å². The van der Waals surface area contributed by atoms with Gasteiger partial charge in [-0.2, -0.15) is 0 Å². The molecule has 4 aliphatic rings. The summed E-state index contributed by atoms with van der Waals surface area (Å²) in [5.41, 5.74) is 6.16. The summed E-state index contributed by atoms with van der Waals surface area (Å²) in [4.78, 5) is 26.5. The minimum atomic E-state index is -0.201. The average molecular weight is 264 g/mol. The van der Waals surface area contributed by atoms with Gasteiger partial charge >= 0.3 is 0 Å². The lowest BCUT2D eigenvalue weighted by Gasteiger charge is -2.49. The topological polar surface area (TPSA) is 72.6 Å². The van der Waals surface area contributed by atoms with Crippen molar-refractivity contribution in [2.24, 2.45) is 29.4 Å². The molecule has 6 atom stereocenters. The molecule has 0 bridgehead atoms. The largest absolute Gasteiger partial charge is 0.376 e. The van der Waals surface area contributed by atoms with Crippen molar-refractivity contribution in [2.75, 3.05) is 6.61 Å². The van der Waals surface area contributed by atoms with Crippen molar-refractivity contribution in [1.29, 1.82) is 0 Å². The van der Waals surface area contributed by atoms with Gasteiger partial charge < -0.3 is 10.5 Å². The maximum atomic E-state index is 12.5. The number of hydrogen-bond acceptors (Lipinski definition) is 4. The van der Waals surface area contributed by atoms with Gasteiger partial charge in [-0.05, 0) is 25.2 Å². The predicted molar refractivity (Wildman–Crippen MR) is 66.8 cm³/mol. The van der Waals surface area contributed by atoms with Crippen LogP contribution in [0.2, 0.25) is 0 Å². The molecule has 5 nitrogen and oxygen atoms in total. The minimum absolute atomic E-state index is 0.000787. The van der Waals surface area contributed by atoms with Crippen molar-refractivity contribution < 1.29 is 14.3 Å². The highest BCUT2D eigenvalue weighted by Crippen LogP contribution is 2.48. The van der Waals surface area contributed by atoms with Gasteiger partial charge in [0.05, 0.1) is 24.0 Å². The molecular weight excluding hydrogens is 244 g/mol. The van der Waals surface area contributed by atoms with Crippen molar-refractivity contribution in [1.82, 2.24) is 4.90 Å². The van der Waals surface area contributed by atoms with Crippen LogP contribution in [0.15, 0.2) is 0 Å². The summed E-state index contributed by atoms with van der Waals surface area (Å²) >= 11 is 0. The highest BCUT2D eigenvalue weighted by molar-refractivity contribution is 6.06. The molecule has 0 aromatic carbocycles. The van der Waals surface area contributed by atoms with Gasteiger partial charge in [0.2, 0.25) is 11.8 Å². The molecule has 5 heteroatoms. The van der Waals surface area contributed by atoms with Crippen LogP contribution in [-0.2, 0) is 14.3 Å². The normalized spacial score (nSPS) is 52.3. The molecule has 2 heterocycles. The first-order chi connectivity index (χ1) is 9.09. The number of carbonyl (C=O) groups excluding carboxylic acids is 2. The number of amides is 2. The van der Waals surface area contributed by atoms with E-state index in [0.717, 1.165) is 19.3 Å². The smallest absolute Gasteiger partial charge is 0.233 e. The third-order valence-electron chi connectivity index (χ3n) is 5.61. The summed E-state index contributed by atoms with van der Waals surface area (Å²) in [5.74, 6) is 0.661. The molecular formula is C14H20N2O3. The molecule has 0 aromatic rings. The lowest BCUT2D eigenvalue weighted by atomic mass is 9.71. The highest BCUT2D eigenvalue weighted by Gasteiger charge is 2.62. The molecule has 0 spiro atoms. The fourth-order valence-corrected chi connectivity index (χ4v) is 4.63. The number of imide groups is 1. The van der Waals surface area contributed by atoms with Gasteiger partial charge in [-0.1, -0.05) is 6.92 Å². The quantitative estimate of drug-likeness (QED) is 0.683. The maximum absolute atomic E-state index is 12.5. The van der Waals surface area contributed by atoms with Crippen molar-refractivity contribution in [2.45, 2.75) is 44.4 Å². The molecule has 104 valence electrons. The Labute approximate surface area is 112 Å². The summed E-state index contributed by atoms with van der Waals surface area (Å²) in [6.45, 7) is 2.83. The summed E-state index contributed by atoms with van der Waals surface area (Å²) in [6.07, 6.45) is 2.66. The van der Waals surface area contributed by atoms with E-state index < -0.39 is 0 Å². The zero-order valence-corrected chi connectivity index (χ0v) is 11.1. The monoisotopic (exact) mass is 264 g/mol. The fraction of sp³-hybridized carbons (Fsp3) is 0.857. The average Bonchev–Trinajstić information content (AvgIpc) is 3.02. The van der Waals surface area contributed by atoms with Crippen molar-refractivity contribution in [3.8, 4) is 0 Å². The molecule has 0 radical (unpaired) electrons. The van der Waals surface area contributed by atoms with Crippen molar-refractivity contribution >= 4 is 11.8 Å². The summed E-state index contributed by atoms with van der Waals surface area (Å²) in [5, 5.41) is 0. The van der Waals surface area contributed by atoms with Gasteiger partial charge in [0.25, 0.3) is 0 Å². The molecule has 2 saturated carbocycles. The molecule has 2 saturated heterocycles. The van der Waals surface area contributed by atoms with Gasteiger partial charge in [0.1, 0.15) is 0 Å². The van der Waals surface area contributed by atoms with Crippen LogP contribution in [0.1, 0.15) is 26.2 Å². The van der Waals surface area contributed by atoms with Gasteiger partial charge in [-0.3, -0.25) is 14.5 Å². The van der Waals surface area contributed by atoms with E-state index in [0.29, 0.717) is 18.4 Å². The third kappa shape index (κ3) is 1.37. The molecule has 4 rings (SSSR count). The zero-order valence-electron chi connectivity index (χ0n) is 11.1. The van der Waals surface area contributed by atoms with E-state index in [1.54, 1.807) is 0 Å². The first-order valence-electron chi connectivity index (χ1n) is 7.33. The van der Waals surface area contributed by atoms with E-state index in [1.807, 2.05) is 0 Å². The van der Waals surface area contributed by atoms with Crippen molar-refractivity contribution in [3.63, 3.8) is 0 Å². The van der Waals surface area contributed by atoms with E-state index >= 15 is 0 Å². The number of likely N-dealkylation sites (tertiary alicyclic amines) is 1. The lowest BCUT2D eigenvalue weighted by Crippen LogP contribution is -2.70. The van der Waals surface area contributed by atoms with Crippen LogP contribution in [0.25, 0.3) is 0 Å². The molecule has 19 heavy (non-hydrogen) atoms. The Bertz CT molecular complexity index is 428. The van der Waals surface area contributed by atoms with Gasteiger partial charge in [0.15, 0.2) is 0 Å².